The predicted octanol–water partition coefficient (Wildman–Crippen LogP) is 7.69. The Labute approximate surface area is 165 Å². The van der Waals surface area contributed by atoms with Gasteiger partial charge in [-0.2, -0.15) is 0 Å². The summed E-state index contributed by atoms with van der Waals surface area (Å²) in [5.41, 5.74) is 13.1. The van der Waals surface area contributed by atoms with Crippen LogP contribution in [0.3, 0.4) is 0 Å². The normalized spacial score (nSPS) is 44.7. The van der Waals surface area contributed by atoms with Crippen LogP contribution in [-0.2, 0) is 0 Å². The fourth-order valence-electron chi connectivity index (χ4n) is 10.2. The zero-order valence-corrected chi connectivity index (χ0v) is 18.2. The minimum absolute atomic E-state index is 0.503. The van der Waals surface area contributed by atoms with E-state index in [1.165, 1.54) is 38.5 Å². The highest BCUT2D eigenvalue weighted by Gasteiger charge is 2.64. The lowest BCUT2D eigenvalue weighted by atomic mass is 9.72. The summed E-state index contributed by atoms with van der Waals surface area (Å²) >= 11 is 0. The third-order valence-corrected chi connectivity index (χ3v) is 11.5. The van der Waals surface area contributed by atoms with Crippen LogP contribution in [0.25, 0.3) is 0 Å². The SMILES string of the molecule is CC1(C)[C@@H]2CC[C@H]1c1c2c2c(c3c1[C@H]1CC[C@@H]3C1(C)C)[C@H]1CC[C@@H]2C1(C)C. The van der Waals surface area contributed by atoms with Gasteiger partial charge in [0.25, 0.3) is 0 Å². The van der Waals surface area contributed by atoms with Gasteiger partial charge >= 0.3 is 0 Å². The number of rotatable bonds is 0. The summed E-state index contributed by atoms with van der Waals surface area (Å²) in [4.78, 5) is 0. The van der Waals surface area contributed by atoms with E-state index >= 15 is 0 Å². The summed E-state index contributed by atoms with van der Waals surface area (Å²) in [6, 6.07) is 0. The first kappa shape index (κ1) is 16.1. The number of hydrogen-bond acceptors (Lipinski definition) is 0. The van der Waals surface area contributed by atoms with Gasteiger partial charge in [-0.25, -0.2) is 0 Å². The van der Waals surface area contributed by atoms with Gasteiger partial charge in [0.15, 0.2) is 0 Å². The van der Waals surface area contributed by atoms with Crippen molar-refractivity contribution in [3.63, 3.8) is 0 Å². The quantitative estimate of drug-likeness (QED) is 0.445. The summed E-state index contributed by atoms with van der Waals surface area (Å²) in [6.07, 6.45) is 8.78. The van der Waals surface area contributed by atoms with Crippen molar-refractivity contribution in [1.29, 1.82) is 0 Å². The van der Waals surface area contributed by atoms with Gasteiger partial charge in [0.05, 0.1) is 0 Å². The van der Waals surface area contributed by atoms with Gasteiger partial charge in [-0.3, -0.25) is 0 Å². The molecule has 27 heavy (non-hydrogen) atoms. The van der Waals surface area contributed by atoms with E-state index in [1.807, 2.05) is 33.4 Å². The minimum Gasteiger partial charge on any atom is -0.0587 e. The molecule has 6 aliphatic rings. The third-order valence-electron chi connectivity index (χ3n) is 11.5. The third kappa shape index (κ3) is 1.41. The van der Waals surface area contributed by atoms with Crippen LogP contribution in [0.2, 0.25) is 0 Å². The van der Waals surface area contributed by atoms with E-state index < -0.39 is 0 Å². The molecule has 0 aliphatic heterocycles. The molecular weight excluding hydrogens is 324 g/mol. The summed E-state index contributed by atoms with van der Waals surface area (Å²) in [7, 11) is 0. The topological polar surface area (TPSA) is 0 Å². The first-order chi connectivity index (χ1) is 12.7. The van der Waals surface area contributed by atoms with Gasteiger partial charge < -0.3 is 0 Å². The molecule has 144 valence electrons. The number of benzene rings is 1. The number of fused-ring (bicyclic) bond motifs is 18. The van der Waals surface area contributed by atoms with Gasteiger partial charge in [0.2, 0.25) is 0 Å². The standard InChI is InChI=1S/C27H36/c1-25(2)13-7-8-14(25)20-19(13)21-15-9-11-17(26(15,3)4)23(21)24-18-12-10-16(22(20)24)27(18,5)6/h13-18H,7-12H2,1-6H3/t13-,14+,15+,16-,17-,18+. The minimum atomic E-state index is 0.503. The highest BCUT2D eigenvalue weighted by atomic mass is 14.7. The molecule has 7 rings (SSSR count). The number of hydrogen-bond donors (Lipinski definition) is 0. The second kappa shape index (κ2) is 4.22. The maximum atomic E-state index is 2.62. The first-order valence-electron chi connectivity index (χ1n) is 11.9. The van der Waals surface area contributed by atoms with Crippen LogP contribution in [0, 0.1) is 16.2 Å². The van der Waals surface area contributed by atoms with E-state index in [-0.39, 0.29) is 0 Å². The van der Waals surface area contributed by atoms with Gasteiger partial charge in [-0.15, -0.1) is 0 Å². The van der Waals surface area contributed by atoms with E-state index in [0.29, 0.717) is 16.2 Å². The van der Waals surface area contributed by atoms with Crippen molar-refractivity contribution in [1.82, 2.24) is 0 Å². The fraction of sp³-hybridized carbons (Fsp3) is 0.778. The fourth-order valence-corrected chi connectivity index (χ4v) is 10.2. The van der Waals surface area contributed by atoms with Crippen molar-refractivity contribution in [3.05, 3.63) is 33.4 Å². The highest BCUT2D eigenvalue weighted by Crippen LogP contribution is 2.78. The average Bonchev–Trinajstić information content (AvgIpc) is 3.35. The molecule has 1 aromatic carbocycles. The Morgan fingerprint density at radius 2 is 0.519 bits per heavy atom. The van der Waals surface area contributed by atoms with E-state index in [2.05, 4.69) is 41.5 Å². The van der Waals surface area contributed by atoms with E-state index in [4.69, 9.17) is 0 Å². The maximum Gasteiger partial charge on any atom is -0.00987 e. The van der Waals surface area contributed by atoms with Crippen molar-refractivity contribution in [2.45, 2.75) is 116 Å². The molecule has 3 saturated carbocycles. The molecule has 6 atom stereocenters. The van der Waals surface area contributed by atoms with Crippen LogP contribution in [-0.4, -0.2) is 0 Å². The van der Waals surface area contributed by atoms with Gasteiger partial charge in [-0.05, 0) is 124 Å². The lowest BCUT2D eigenvalue weighted by molar-refractivity contribution is 0.315. The molecule has 0 spiro atoms. The first-order valence-corrected chi connectivity index (χ1v) is 11.9. The van der Waals surface area contributed by atoms with Crippen molar-refractivity contribution in [2.24, 2.45) is 16.2 Å². The van der Waals surface area contributed by atoms with Crippen molar-refractivity contribution < 1.29 is 0 Å². The molecule has 6 aliphatic carbocycles. The molecule has 0 radical (unpaired) electrons. The molecule has 0 unspecified atom stereocenters. The summed E-state index contributed by atoms with van der Waals surface area (Å²) in [5, 5.41) is 0. The van der Waals surface area contributed by atoms with Crippen LogP contribution in [0.15, 0.2) is 0 Å². The molecule has 1 aromatic rings. The lowest BCUT2D eigenvalue weighted by Gasteiger charge is -2.32. The van der Waals surface area contributed by atoms with E-state index in [1.54, 1.807) is 0 Å². The molecule has 0 amide bonds. The Kier molecular flexibility index (Phi) is 2.51. The van der Waals surface area contributed by atoms with Crippen molar-refractivity contribution in [3.8, 4) is 0 Å². The summed E-state index contributed by atoms with van der Waals surface area (Å²) < 4.78 is 0. The Balaban J connectivity index is 1.63. The van der Waals surface area contributed by atoms with Crippen LogP contribution in [0.5, 0.6) is 0 Å². The summed E-state index contributed by atoms with van der Waals surface area (Å²) in [5.74, 6) is 5.13. The molecular formula is C27H36. The molecule has 3 fully saturated rings. The predicted molar refractivity (Wildman–Crippen MR) is 112 cm³/mol. The molecule has 0 heteroatoms. The second-order valence-corrected chi connectivity index (χ2v) is 13.0. The van der Waals surface area contributed by atoms with Crippen LogP contribution >= 0.6 is 0 Å². The van der Waals surface area contributed by atoms with Gasteiger partial charge in [0, 0.05) is 0 Å². The Hall–Kier alpha value is -0.780. The van der Waals surface area contributed by atoms with Gasteiger partial charge in [0.1, 0.15) is 0 Å². The Bertz CT molecular complexity index is 703. The van der Waals surface area contributed by atoms with Crippen LogP contribution in [0.4, 0.5) is 0 Å². The zero-order valence-electron chi connectivity index (χ0n) is 18.2. The Morgan fingerprint density at radius 3 is 0.667 bits per heavy atom. The molecule has 0 saturated heterocycles. The Morgan fingerprint density at radius 1 is 0.370 bits per heavy atom. The maximum absolute atomic E-state index is 2.62. The highest BCUT2D eigenvalue weighted by molar-refractivity contribution is 5.69. The molecule has 6 bridgehead atoms. The monoisotopic (exact) mass is 360 g/mol. The largest absolute Gasteiger partial charge is 0.0587 e. The molecule has 0 N–H and O–H groups in total. The second-order valence-electron chi connectivity index (χ2n) is 13.0. The van der Waals surface area contributed by atoms with E-state index in [9.17, 15) is 0 Å². The average molecular weight is 361 g/mol. The summed E-state index contributed by atoms with van der Waals surface area (Å²) in [6.45, 7) is 15.7. The van der Waals surface area contributed by atoms with E-state index in [0.717, 1.165) is 35.5 Å². The van der Waals surface area contributed by atoms with Crippen LogP contribution in [0.1, 0.15) is 149 Å². The van der Waals surface area contributed by atoms with Crippen molar-refractivity contribution in [2.75, 3.05) is 0 Å². The smallest absolute Gasteiger partial charge is 0.00987 e. The molecule has 0 nitrogen and oxygen atoms in total. The lowest BCUT2D eigenvalue weighted by Crippen LogP contribution is -2.16. The molecule has 0 aromatic heterocycles. The van der Waals surface area contributed by atoms with Crippen molar-refractivity contribution >= 4 is 0 Å². The van der Waals surface area contributed by atoms with Crippen LogP contribution < -0.4 is 0 Å². The molecule has 0 heterocycles. The zero-order chi connectivity index (χ0) is 18.7. The van der Waals surface area contributed by atoms with Gasteiger partial charge in [-0.1, -0.05) is 41.5 Å².